The van der Waals surface area contributed by atoms with E-state index >= 15 is 0 Å². The lowest BCUT2D eigenvalue weighted by Gasteiger charge is -2.29. The quantitative estimate of drug-likeness (QED) is 0.446. The number of nitrogens with zero attached hydrogens (tertiary/aromatic N) is 3. The number of aromatic nitrogens is 2. The van der Waals surface area contributed by atoms with Crippen molar-refractivity contribution in [1.82, 2.24) is 19.8 Å². The summed E-state index contributed by atoms with van der Waals surface area (Å²) in [5.41, 5.74) is 3.62. The van der Waals surface area contributed by atoms with E-state index in [2.05, 4.69) is 22.4 Å². The van der Waals surface area contributed by atoms with Crippen molar-refractivity contribution in [3.63, 3.8) is 0 Å². The highest BCUT2D eigenvalue weighted by molar-refractivity contribution is 5.97. The van der Waals surface area contributed by atoms with Crippen LogP contribution >= 0.6 is 0 Å². The summed E-state index contributed by atoms with van der Waals surface area (Å²) < 4.78 is 7.39. The van der Waals surface area contributed by atoms with Crippen molar-refractivity contribution in [2.45, 2.75) is 25.8 Å². The van der Waals surface area contributed by atoms with Crippen LogP contribution in [0.3, 0.4) is 0 Å². The van der Waals surface area contributed by atoms with E-state index in [9.17, 15) is 9.59 Å². The number of oxazole rings is 1. The number of carbonyl (C=O) groups is 2. The molecule has 0 aliphatic heterocycles. The molecule has 170 valence electrons. The van der Waals surface area contributed by atoms with Crippen molar-refractivity contribution < 1.29 is 14.0 Å². The molecule has 2 aromatic heterocycles. The fourth-order valence-corrected chi connectivity index (χ4v) is 4.00. The summed E-state index contributed by atoms with van der Waals surface area (Å²) >= 11 is 0. The molecule has 4 aromatic rings. The Morgan fingerprint density at radius 2 is 1.91 bits per heavy atom. The minimum absolute atomic E-state index is 0.0965. The number of rotatable bonds is 8. The number of benzene rings is 2. The molecular formula is C26H28N4O3. The molecule has 0 saturated carbocycles. The fourth-order valence-electron chi connectivity index (χ4n) is 4.00. The third kappa shape index (κ3) is 5.14. The normalized spacial score (nSPS) is 12.0. The van der Waals surface area contributed by atoms with Crippen LogP contribution in [0.5, 0.6) is 0 Å². The molecular weight excluding hydrogens is 416 g/mol. The molecule has 0 fully saturated rings. The van der Waals surface area contributed by atoms with Crippen molar-refractivity contribution in [3.05, 3.63) is 89.6 Å². The second kappa shape index (κ2) is 9.73. The van der Waals surface area contributed by atoms with Crippen LogP contribution in [-0.2, 0) is 13.5 Å². The predicted molar refractivity (Wildman–Crippen MR) is 127 cm³/mol. The van der Waals surface area contributed by atoms with Crippen LogP contribution in [0.15, 0.2) is 71.3 Å². The van der Waals surface area contributed by atoms with E-state index in [0.717, 1.165) is 11.1 Å². The lowest BCUT2D eigenvalue weighted by atomic mass is 10.0. The van der Waals surface area contributed by atoms with Crippen molar-refractivity contribution in [2.24, 2.45) is 7.05 Å². The highest BCUT2D eigenvalue weighted by Crippen LogP contribution is 2.20. The highest BCUT2D eigenvalue weighted by Gasteiger charge is 2.23. The van der Waals surface area contributed by atoms with Gasteiger partial charge in [0, 0.05) is 45.4 Å². The van der Waals surface area contributed by atoms with Crippen LogP contribution in [0, 0.1) is 6.92 Å². The number of likely N-dealkylation sites (N-methyl/N-ethyl adjacent to an activating group) is 1. The molecule has 33 heavy (non-hydrogen) atoms. The van der Waals surface area contributed by atoms with Gasteiger partial charge in [0.15, 0.2) is 11.5 Å². The number of carbonyl (C=O) groups excluding carboxylic acids is 2. The summed E-state index contributed by atoms with van der Waals surface area (Å²) in [7, 11) is 3.65. The molecule has 1 atom stereocenters. The Balaban J connectivity index is 1.49. The molecule has 0 radical (unpaired) electrons. The molecule has 0 aliphatic rings. The summed E-state index contributed by atoms with van der Waals surface area (Å²) in [6.45, 7) is 2.24. The maximum Gasteiger partial charge on any atom is 0.267 e. The van der Waals surface area contributed by atoms with Gasteiger partial charge >= 0.3 is 0 Å². The SMILES string of the molecule is Cc1nc2ccc(C(=O)N(C)C(CCNC(=O)c3cccn3C)Cc3ccccc3)cc2o1. The monoisotopic (exact) mass is 444 g/mol. The van der Waals surface area contributed by atoms with Crippen molar-refractivity contribution in [1.29, 1.82) is 0 Å². The van der Waals surface area contributed by atoms with E-state index in [1.807, 2.05) is 44.6 Å². The topological polar surface area (TPSA) is 80.4 Å². The number of nitrogens with one attached hydrogen (secondary N) is 1. The van der Waals surface area contributed by atoms with Gasteiger partial charge in [0.1, 0.15) is 11.2 Å². The number of fused-ring (bicyclic) bond motifs is 1. The van der Waals surface area contributed by atoms with E-state index in [-0.39, 0.29) is 17.9 Å². The van der Waals surface area contributed by atoms with E-state index in [1.165, 1.54) is 0 Å². The van der Waals surface area contributed by atoms with E-state index in [4.69, 9.17) is 4.42 Å². The van der Waals surface area contributed by atoms with E-state index in [0.29, 0.717) is 42.1 Å². The summed E-state index contributed by atoms with van der Waals surface area (Å²) in [4.78, 5) is 31.9. The van der Waals surface area contributed by atoms with Crippen LogP contribution in [-0.4, -0.2) is 45.9 Å². The predicted octanol–water partition coefficient (Wildman–Crippen LogP) is 3.98. The third-order valence-corrected chi connectivity index (χ3v) is 5.86. The van der Waals surface area contributed by atoms with Gasteiger partial charge in [-0.25, -0.2) is 4.98 Å². The Hall–Kier alpha value is -3.87. The Kier molecular flexibility index (Phi) is 6.58. The second-order valence-corrected chi connectivity index (χ2v) is 8.22. The summed E-state index contributed by atoms with van der Waals surface area (Å²) in [6.07, 6.45) is 3.15. The van der Waals surface area contributed by atoms with Crippen LogP contribution in [0.2, 0.25) is 0 Å². The van der Waals surface area contributed by atoms with Gasteiger partial charge in [-0.3, -0.25) is 9.59 Å². The zero-order valence-electron chi connectivity index (χ0n) is 19.1. The molecule has 0 saturated heterocycles. The summed E-state index contributed by atoms with van der Waals surface area (Å²) in [5, 5.41) is 2.98. The van der Waals surface area contributed by atoms with Gasteiger partial charge in [-0.15, -0.1) is 0 Å². The molecule has 7 heteroatoms. The van der Waals surface area contributed by atoms with Crippen LogP contribution < -0.4 is 5.32 Å². The van der Waals surface area contributed by atoms with E-state index < -0.39 is 0 Å². The first-order valence-corrected chi connectivity index (χ1v) is 11.0. The first-order valence-electron chi connectivity index (χ1n) is 11.0. The van der Waals surface area contributed by atoms with Crippen LogP contribution in [0.4, 0.5) is 0 Å². The maximum atomic E-state index is 13.3. The Labute approximate surface area is 193 Å². The number of amides is 2. The van der Waals surface area contributed by atoms with Crippen LogP contribution in [0.1, 0.15) is 38.7 Å². The Bertz CT molecular complexity index is 1260. The van der Waals surface area contributed by atoms with Gasteiger partial charge in [-0.2, -0.15) is 0 Å². The molecule has 2 heterocycles. The Morgan fingerprint density at radius 1 is 1.12 bits per heavy atom. The van der Waals surface area contributed by atoms with Gasteiger partial charge in [-0.05, 0) is 48.7 Å². The maximum absolute atomic E-state index is 13.3. The molecule has 2 amide bonds. The first kappa shape index (κ1) is 22.3. The van der Waals surface area contributed by atoms with Crippen molar-refractivity contribution >= 4 is 22.9 Å². The summed E-state index contributed by atoms with van der Waals surface area (Å²) in [5.74, 6) is 0.348. The molecule has 4 rings (SSSR count). The largest absolute Gasteiger partial charge is 0.441 e. The average molecular weight is 445 g/mol. The highest BCUT2D eigenvalue weighted by atomic mass is 16.3. The fraction of sp³-hybridized carbons (Fsp3) is 0.269. The first-order chi connectivity index (χ1) is 15.9. The third-order valence-electron chi connectivity index (χ3n) is 5.86. The lowest BCUT2D eigenvalue weighted by Crippen LogP contribution is -2.41. The van der Waals surface area contributed by atoms with E-state index in [1.54, 1.807) is 40.7 Å². The lowest BCUT2D eigenvalue weighted by molar-refractivity contribution is 0.0723. The van der Waals surface area contributed by atoms with Crippen molar-refractivity contribution in [3.8, 4) is 0 Å². The zero-order valence-corrected chi connectivity index (χ0v) is 19.1. The van der Waals surface area contributed by atoms with Gasteiger partial charge in [0.25, 0.3) is 11.8 Å². The molecule has 1 unspecified atom stereocenters. The second-order valence-electron chi connectivity index (χ2n) is 8.22. The minimum atomic E-state index is -0.124. The van der Waals surface area contributed by atoms with Gasteiger partial charge < -0.3 is 19.2 Å². The molecule has 0 aliphatic carbocycles. The molecule has 1 N–H and O–H groups in total. The minimum Gasteiger partial charge on any atom is -0.441 e. The molecule has 0 spiro atoms. The van der Waals surface area contributed by atoms with Gasteiger partial charge in [0.2, 0.25) is 0 Å². The number of hydrogen-bond donors (Lipinski definition) is 1. The smallest absolute Gasteiger partial charge is 0.267 e. The van der Waals surface area contributed by atoms with Gasteiger partial charge in [0.05, 0.1) is 0 Å². The average Bonchev–Trinajstić information content (AvgIpc) is 3.41. The molecule has 2 aromatic carbocycles. The standard InChI is InChI=1S/C26H28N4O3/c1-18-28-22-12-11-20(17-24(22)33-18)26(32)30(3)21(16-19-8-5-4-6-9-19)13-14-27-25(31)23-10-7-15-29(23)2/h4-12,15,17,21H,13-14,16H2,1-3H3,(H,27,31). The molecule has 7 nitrogen and oxygen atoms in total. The number of aryl methyl sites for hydroxylation is 2. The summed E-state index contributed by atoms with van der Waals surface area (Å²) in [6, 6.07) is 18.9. The van der Waals surface area contributed by atoms with Crippen LogP contribution in [0.25, 0.3) is 11.1 Å². The van der Waals surface area contributed by atoms with Gasteiger partial charge in [-0.1, -0.05) is 30.3 Å². The Morgan fingerprint density at radius 3 is 2.64 bits per heavy atom. The zero-order chi connectivity index (χ0) is 23.4. The molecule has 0 bridgehead atoms. The number of hydrogen-bond acceptors (Lipinski definition) is 4. The van der Waals surface area contributed by atoms with Crippen molar-refractivity contribution in [2.75, 3.05) is 13.6 Å².